The lowest BCUT2D eigenvalue weighted by Gasteiger charge is -2.40. The molecule has 0 spiro atoms. The summed E-state index contributed by atoms with van der Waals surface area (Å²) < 4.78 is 0. The Morgan fingerprint density at radius 3 is 2.54 bits per heavy atom. The summed E-state index contributed by atoms with van der Waals surface area (Å²) in [5.74, 6) is 0.211. The molecule has 2 fully saturated rings. The molecule has 3 aliphatic rings. The van der Waals surface area contributed by atoms with E-state index in [4.69, 9.17) is 0 Å². The lowest BCUT2D eigenvalue weighted by Crippen LogP contribution is -2.53. The highest BCUT2D eigenvalue weighted by Crippen LogP contribution is 2.28. The van der Waals surface area contributed by atoms with Gasteiger partial charge in [-0.15, -0.1) is 0 Å². The van der Waals surface area contributed by atoms with Crippen LogP contribution in [0.2, 0.25) is 0 Å². The Labute approximate surface area is 155 Å². The number of carbonyl (C=O) groups excluding carboxylic acids is 2. The van der Waals surface area contributed by atoms with Gasteiger partial charge in [0.05, 0.1) is 6.54 Å². The van der Waals surface area contributed by atoms with E-state index in [-0.39, 0.29) is 24.4 Å². The number of hydrogen-bond acceptors (Lipinski definition) is 3. The number of carbonyl (C=O) groups is 2. The fourth-order valence-corrected chi connectivity index (χ4v) is 4.77. The summed E-state index contributed by atoms with van der Waals surface area (Å²) in [6.45, 7) is 3.06. The molecule has 1 unspecified atom stereocenters. The molecule has 0 saturated carbocycles. The van der Waals surface area contributed by atoms with E-state index in [1.807, 2.05) is 11.9 Å². The van der Waals surface area contributed by atoms with E-state index in [2.05, 4.69) is 29.2 Å². The van der Waals surface area contributed by atoms with Crippen molar-refractivity contribution in [2.75, 3.05) is 33.2 Å². The molecule has 0 N–H and O–H groups in total. The predicted molar refractivity (Wildman–Crippen MR) is 101 cm³/mol. The van der Waals surface area contributed by atoms with E-state index in [1.54, 1.807) is 4.90 Å². The Hall–Kier alpha value is -1.88. The molecule has 0 aromatic heterocycles. The first-order chi connectivity index (χ1) is 12.6. The topological polar surface area (TPSA) is 43.9 Å². The number of hydrogen-bond donors (Lipinski definition) is 0. The average Bonchev–Trinajstić information content (AvgIpc) is 3.27. The molecule has 1 atom stereocenters. The Morgan fingerprint density at radius 1 is 1.15 bits per heavy atom. The third kappa shape index (κ3) is 3.50. The zero-order valence-electron chi connectivity index (χ0n) is 15.7. The first-order valence-electron chi connectivity index (χ1n) is 9.96. The van der Waals surface area contributed by atoms with Crippen LogP contribution in [-0.2, 0) is 22.4 Å². The van der Waals surface area contributed by atoms with Crippen molar-refractivity contribution >= 4 is 11.8 Å². The highest BCUT2D eigenvalue weighted by atomic mass is 16.2. The minimum atomic E-state index is 0.0850. The van der Waals surface area contributed by atoms with E-state index >= 15 is 0 Å². The molecule has 5 heteroatoms. The van der Waals surface area contributed by atoms with Crippen molar-refractivity contribution < 1.29 is 9.59 Å². The van der Waals surface area contributed by atoms with Gasteiger partial charge in [0.1, 0.15) is 0 Å². The van der Waals surface area contributed by atoms with Crippen LogP contribution in [0, 0.1) is 0 Å². The minimum Gasteiger partial charge on any atom is -0.340 e. The van der Waals surface area contributed by atoms with Crippen LogP contribution in [0.15, 0.2) is 24.3 Å². The lowest BCUT2D eigenvalue weighted by atomic mass is 10.0. The van der Waals surface area contributed by atoms with Crippen molar-refractivity contribution in [3.8, 4) is 0 Å². The molecule has 0 radical (unpaired) electrons. The smallest absolute Gasteiger partial charge is 0.242 e. The normalized spacial score (nSPS) is 24.1. The van der Waals surface area contributed by atoms with Gasteiger partial charge in [-0.3, -0.25) is 14.5 Å². The predicted octanol–water partition coefficient (Wildman–Crippen LogP) is 1.70. The first-order valence-corrected chi connectivity index (χ1v) is 9.96. The zero-order valence-corrected chi connectivity index (χ0v) is 15.7. The molecule has 4 rings (SSSR count). The molecular formula is C21H29N3O2. The van der Waals surface area contributed by atoms with E-state index < -0.39 is 0 Å². The maximum absolute atomic E-state index is 12.7. The largest absolute Gasteiger partial charge is 0.340 e. The maximum Gasteiger partial charge on any atom is 0.242 e. The monoisotopic (exact) mass is 355 g/mol. The molecule has 2 aliphatic heterocycles. The molecule has 1 aromatic rings. The standard InChI is InChI=1S/C21H29N3O2/c1-22(21(26)15-24-11-5-9-20(24)25)18-8-4-10-23(14-18)19-12-16-6-2-3-7-17(16)13-19/h2-3,6-7,18-19H,4-5,8-15H2,1H3. The van der Waals surface area contributed by atoms with Gasteiger partial charge < -0.3 is 9.80 Å². The van der Waals surface area contributed by atoms with Crippen LogP contribution in [0.3, 0.4) is 0 Å². The summed E-state index contributed by atoms with van der Waals surface area (Å²) in [5, 5.41) is 0. The van der Waals surface area contributed by atoms with E-state index in [9.17, 15) is 9.59 Å². The van der Waals surface area contributed by atoms with E-state index in [1.165, 1.54) is 11.1 Å². The molecule has 1 aliphatic carbocycles. The zero-order chi connectivity index (χ0) is 18.1. The summed E-state index contributed by atoms with van der Waals surface area (Å²) in [7, 11) is 1.92. The second-order valence-corrected chi connectivity index (χ2v) is 8.05. The molecule has 2 amide bonds. The molecule has 26 heavy (non-hydrogen) atoms. The number of nitrogens with zero attached hydrogens (tertiary/aromatic N) is 3. The van der Waals surface area contributed by atoms with Crippen LogP contribution in [0.25, 0.3) is 0 Å². The third-order valence-corrected chi connectivity index (χ3v) is 6.41. The van der Waals surface area contributed by atoms with Crippen LogP contribution in [0.5, 0.6) is 0 Å². The minimum absolute atomic E-state index is 0.0850. The number of amides is 2. The number of rotatable bonds is 4. The summed E-state index contributed by atoms with van der Waals surface area (Å²) in [6.07, 6.45) is 5.93. The SMILES string of the molecule is CN(C(=O)CN1CCCC1=O)C1CCCN(C2Cc3ccccc3C2)C1. The average molecular weight is 355 g/mol. The third-order valence-electron chi connectivity index (χ3n) is 6.41. The van der Waals surface area contributed by atoms with Crippen LogP contribution in [-0.4, -0.2) is 71.8 Å². The molecular weight excluding hydrogens is 326 g/mol. The van der Waals surface area contributed by atoms with Gasteiger partial charge >= 0.3 is 0 Å². The van der Waals surface area contributed by atoms with Crippen LogP contribution < -0.4 is 0 Å². The van der Waals surface area contributed by atoms with Crippen LogP contribution >= 0.6 is 0 Å². The van der Waals surface area contributed by atoms with Gasteiger partial charge in [0.2, 0.25) is 11.8 Å². The summed E-state index contributed by atoms with van der Waals surface area (Å²) in [5.41, 5.74) is 2.97. The van der Waals surface area contributed by atoms with Gasteiger partial charge in [0.15, 0.2) is 0 Å². The fraction of sp³-hybridized carbons (Fsp3) is 0.619. The van der Waals surface area contributed by atoms with Gasteiger partial charge in [-0.25, -0.2) is 0 Å². The maximum atomic E-state index is 12.7. The quantitative estimate of drug-likeness (QED) is 0.826. The first kappa shape index (κ1) is 17.5. The second-order valence-electron chi connectivity index (χ2n) is 8.05. The summed E-state index contributed by atoms with van der Waals surface area (Å²) >= 11 is 0. The number of piperidine rings is 1. The Kier molecular flexibility index (Phi) is 4.98. The van der Waals surface area contributed by atoms with E-state index in [0.717, 1.165) is 51.7 Å². The molecule has 140 valence electrons. The summed E-state index contributed by atoms with van der Waals surface area (Å²) in [4.78, 5) is 30.7. The molecule has 5 nitrogen and oxygen atoms in total. The molecule has 1 aromatic carbocycles. The van der Waals surface area contributed by atoms with E-state index in [0.29, 0.717) is 12.5 Å². The Balaban J connectivity index is 1.34. The van der Waals surface area contributed by atoms with Gasteiger partial charge in [-0.1, -0.05) is 24.3 Å². The fourth-order valence-electron chi connectivity index (χ4n) is 4.77. The second kappa shape index (κ2) is 7.39. The van der Waals surface area contributed by atoms with Gasteiger partial charge in [-0.2, -0.15) is 0 Å². The van der Waals surface area contributed by atoms with Crippen molar-refractivity contribution in [2.45, 2.75) is 50.6 Å². The number of fused-ring (bicyclic) bond motifs is 1. The molecule has 0 bridgehead atoms. The van der Waals surface area contributed by atoms with Crippen LogP contribution in [0.1, 0.15) is 36.8 Å². The number of likely N-dealkylation sites (tertiary alicyclic amines) is 2. The van der Waals surface area contributed by atoms with Crippen LogP contribution in [0.4, 0.5) is 0 Å². The van der Waals surface area contributed by atoms with Crippen molar-refractivity contribution in [2.24, 2.45) is 0 Å². The Bertz CT molecular complexity index is 665. The highest BCUT2D eigenvalue weighted by molar-refractivity contribution is 5.85. The lowest BCUT2D eigenvalue weighted by molar-refractivity contribution is -0.139. The van der Waals surface area contributed by atoms with Gasteiger partial charge in [0.25, 0.3) is 0 Å². The van der Waals surface area contributed by atoms with Crippen molar-refractivity contribution in [3.05, 3.63) is 35.4 Å². The summed E-state index contributed by atoms with van der Waals surface area (Å²) in [6, 6.07) is 9.59. The van der Waals surface area contributed by atoms with Crippen molar-refractivity contribution in [3.63, 3.8) is 0 Å². The number of likely N-dealkylation sites (N-methyl/N-ethyl adjacent to an activating group) is 1. The van der Waals surface area contributed by atoms with Gasteiger partial charge in [-0.05, 0) is 49.8 Å². The molecule has 2 heterocycles. The van der Waals surface area contributed by atoms with Gasteiger partial charge in [0, 0.05) is 38.6 Å². The van der Waals surface area contributed by atoms with Crippen molar-refractivity contribution in [1.29, 1.82) is 0 Å². The number of benzene rings is 1. The van der Waals surface area contributed by atoms with Crippen molar-refractivity contribution in [1.82, 2.24) is 14.7 Å². The Morgan fingerprint density at radius 2 is 1.88 bits per heavy atom. The highest BCUT2D eigenvalue weighted by Gasteiger charge is 2.33. The molecule has 2 saturated heterocycles.